The molecular formula is C56H43NO2. The summed E-state index contributed by atoms with van der Waals surface area (Å²) < 4.78 is 12.5. The Morgan fingerprint density at radius 3 is 1.76 bits per heavy atom. The standard InChI is InChI=1S/C56H43NO2/c1-2-36-28-45(38-16-7-4-8-17-38)35-51(42-19-13-18-39(29-42)37-14-5-3-6-15-37)57-56(36)46-31-43(40-24-26-54-49(33-40)47-20-9-11-22-52(47)58-54)30-44(32-46)41-25-27-55-50(34-41)48-21-10-12-23-53(48)59-55/h3-14,16-27,29-37,56H,2,15,28H2,1H3. The Bertz CT molecular complexity index is 3040. The molecule has 3 unspecified atom stereocenters. The van der Waals surface area contributed by atoms with Gasteiger partial charge in [-0.15, -0.1) is 0 Å². The fourth-order valence-corrected chi connectivity index (χ4v) is 9.36. The minimum Gasteiger partial charge on any atom is -0.456 e. The third-order valence-electron chi connectivity index (χ3n) is 12.5. The van der Waals surface area contributed by atoms with E-state index in [0.717, 1.165) is 96.7 Å². The zero-order chi connectivity index (χ0) is 39.3. The van der Waals surface area contributed by atoms with Gasteiger partial charge in [-0.05, 0) is 136 Å². The van der Waals surface area contributed by atoms with E-state index in [1.165, 1.54) is 22.3 Å². The van der Waals surface area contributed by atoms with Crippen LogP contribution in [0.4, 0.5) is 0 Å². The maximum absolute atomic E-state index is 6.27. The highest BCUT2D eigenvalue weighted by Crippen LogP contribution is 2.43. The molecule has 0 radical (unpaired) electrons. The van der Waals surface area contributed by atoms with Crippen molar-refractivity contribution in [1.82, 2.24) is 0 Å². The van der Waals surface area contributed by atoms with Gasteiger partial charge < -0.3 is 8.83 Å². The van der Waals surface area contributed by atoms with Crippen molar-refractivity contribution in [2.75, 3.05) is 0 Å². The van der Waals surface area contributed by atoms with E-state index in [-0.39, 0.29) is 12.0 Å². The summed E-state index contributed by atoms with van der Waals surface area (Å²) in [5, 5.41) is 4.50. The average molecular weight is 762 g/mol. The van der Waals surface area contributed by atoms with Gasteiger partial charge in [0.05, 0.1) is 11.8 Å². The minimum atomic E-state index is -0.0794. The van der Waals surface area contributed by atoms with Crippen LogP contribution in [-0.4, -0.2) is 5.71 Å². The zero-order valence-electron chi connectivity index (χ0n) is 33.0. The summed E-state index contributed by atoms with van der Waals surface area (Å²) in [6.45, 7) is 2.32. The van der Waals surface area contributed by atoms with Crippen LogP contribution in [0.2, 0.25) is 0 Å². The fourth-order valence-electron chi connectivity index (χ4n) is 9.36. The number of benzene rings is 7. The highest BCUT2D eigenvalue weighted by Gasteiger charge is 2.28. The van der Waals surface area contributed by atoms with Gasteiger partial charge in [-0.25, -0.2) is 0 Å². The second-order valence-electron chi connectivity index (χ2n) is 16.1. The Hall–Kier alpha value is -6.97. The molecule has 3 nitrogen and oxygen atoms in total. The van der Waals surface area contributed by atoms with E-state index >= 15 is 0 Å². The molecule has 284 valence electrons. The first-order valence-corrected chi connectivity index (χ1v) is 20.9. The molecular weight excluding hydrogens is 719 g/mol. The van der Waals surface area contributed by atoms with Crippen LogP contribution in [0, 0.1) is 5.92 Å². The predicted octanol–water partition coefficient (Wildman–Crippen LogP) is 15.5. The number of para-hydroxylation sites is 2. The van der Waals surface area contributed by atoms with Crippen molar-refractivity contribution >= 4 is 55.2 Å². The van der Waals surface area contributed by atoms with Crippen LogP contribution in [0.15, 0.2) is 202 Å². The molecule has 3 heteroatoms. The van der Waals surface area contributed by atoms with Crippen LogP contribution >= 0.6 is 0 Å². The summed E-state index contributed by atoms with van der Waals surface area (Å²) in [4.78, 5) is 5.84. The van der Waals surface area contributed by atoms with Gasteiger partial charge in [0.1, 0.15) is 22.3 Å². The van der Waals surface area contributed by atoms with Crippen molar-refractivity contribution in [3.05, 3.63) is 210 Å². The van der Waals surface area contributed by atoms with Crippen molar-refractivity contribution in [1.29, 1.82) is 0 Å². The monoisotopic (exact) mass is 761 g/mol. The van der Waals surface area contributed by atoms with E-state index in [1.54, 1.807) is 0 Å². The highest BCUT2D eigenvalue weighted by atomic mass is 16.3. The number of rotatable bonds is 7. The van der Waals surface area contributed by atoms with Crippen molar-refractivity contribution < 1.29 is 8.83 Å². The van der Waals surface area contributed by atoms with Crippen molar-refractivity contribution in [2.24, 2.45) is 10.9 Å². The Morgan fingerprint density at radius 1 is 0.508 bits per heavy atom. The van der Waals surface area contributed by atoms with Crippen LogP contribution in [0.5, 0.6) is 0 Å². The lowest BCUT2D eigenvalue weighted by atomic mass is 9.83. The summed E-state index contributed by atoms with van der Waals surface area (Å²) >= 11 is 0. The first-order chi connectivity index (χ1) is 29.1. The van der Waals surface area contributed by atoms with Gasteiger partial charge in [0, 0.05) is 27.5 Å². The predicted molar refractivity (Wildman–Crippen MR) is 246 cm³/mol. The summed E-state index contributed by atoms with van der Waals surface area (Å²) in [5.41, 5.74) is 15.5. The van der Waals surface area contributed by atoms with E-state index in [1.807, 2.05) is 24.3 Å². The Morgan fingerprint density at radius 2 is 1.12 bits per heavy atom. The van der Waals surface area contributed by atoms with Crippen molar-refractivity contribution in [3.8, 4) is 22.3 Å². The molecule has 0 bridgehead atoms. The molecule has 0 amide bonds. The molecule has 1 aliphatic carbocycles. The summed E-state index contributed by atoms with van der Waals surface area (Å²) in [7, 11) is 0. The molecule has 7 aromatic carbocycles. The Kier molecular flexibility index (Phi) is 8.81. The number of hydrogen-bond donors (Lipinski definition) is 0. The van der Waals surface area contributed by atoms with E-state index in [2.05, 4.69) is 171 Å². The van der Waals surface area contributed by atoms with Crippen LogP contribution in [0.3, 0.4) is 0 Å². The van der Waals surface area contributed by atoms with E-state index in [0.29, 0.717) is 5.92 Å². The molecule has 0 saturated carbocycles. The summed E-state index contributed by atoms with van der Waals surface area (Å²) in [5.74, 6) is 0.633. The molecule has 3 atom stereocenters. The number of furan rings is 2. The number of fused-ring (bicyclic) bond motifs is 6. The largest absolute Gasteiger partial charge is 0.456 e. The number of nitrogens with zero attached hydrogens (tertiary/aromatic N) is 1. The topological polar surface area (TPSA) is 38.6 Å². The van der Waals surface area contributed by atoms with Gasteiger partial charge in [-0.1, -0.05) is 135 Å². The van der Waals surface area contributed by atoms with Crippen LogP contribution in [0.1, 0.15) is 60.4 Å². The molecule has 2 aliphatic rings. The lowest BCUT2D eigenvalue weighted by molar-refractivity contribution is 0.432. The lowest BCUT2D eigenvalue weighted by Crippen LogP contribution is -2.12. The summed E-state index contributed by atoms with van der Waals surface area (Å²) in [6, 6.07) is 56.9. The normalized spacial score (nSPS) is 18.1. The van der Waals surface area contributed by atoms with Crippen LogP contribution in [0.25, 0.3) is 71.7 Å². The number of allylic oxidation sites excluding steroid dienone is 6. The van der Waals surface area contributed by atoms with Crippen molar-refractivity contribution in [2.45, 2.75) is 38.1 Å². The first-order valence-electron chi connectivity index (χ1n) is 20.9. The molecule has 2 aromatic heterocycles. The van der Waals surface area contributed by atoms with Crippen LogP contribution < -0.4 is 0 Å². The number of hydrogen-bond acceptors (Lipinski definition) is 3. The molecule has 3 heterocycles. The van der Waals surface area contributed by atoms with Crippen LogP contribution in [-0.2, 0) is 0 Å². The van der Waals surface area contributed by atoms with E-state index in [4.69, 9.17) is 13.8 Å². The maximum atomic E-state index is 6.27. The molecule has 0 spiro atoms. The SMILES string of the molecule is CCC1CC(c2ccccc2)=CC(c2cccc(C3C=CC=CC3)c2)=NC1c1cc(-c2ccc3oc4ccccc4c3c2)cc(-c2ccc3oc4ccccc4c3c2)c1. The maximum Gasteiger partial charge on any atom is 0.135 e. The first kappa shape index (κ1) is 35.2. The molecule has 59 heavy (non-hydrogen) atoms. The second-order valence-corrected chi connectivity index (χ2v) is 16.1. The molecule has 0 fully saturated rings. The van der Waals surface area contributed by atoms with Gasteiger partial charge in [0.25, 0.3) is 0 Å². The van der Waals surface area contributed by atoms with Gasteiger partial charge in [-0.3, -0.25) is 4.99 Å². The minimum absolute atomic E-state index is 0.0794. The third kappa shape index (κ3) is 6.53. The van der Waals surface area contributed by atoms with Gasteiger partial charge >= 0.3 is 0 Å². The van der Waals surface area contributed by atoms with Crippen molar-refractivity contribution in [3.63, 3.8) is 0 Å². The van der Waals surface area contributed by atoms with Gasteiger partial charge in [-0.2, -0.15) is 0 Å². The smallest absolute Gasteiger partial charge is 0.135 e. The molecule has 0 N–H and O–H groups in total. The Balaban J connectivity index is 1.11. The van der Waals surface area contributed by atoms with E-state index < -0.39 is 0 Å². The molecule has 0 saturated heterocycles. The molecule has 1 aliphatic heterocycles. The second kappa shape index (κ2) is 14.8. The molecule has 9 aromatic rings. The van der Waals surface area contributed by atoms with E-state index in [9.17, 15) is 0 Å². The quantitative estimate of drug-likeness (QED) is 0.162. The summed E-state index contributed by atoms with van der Waals surface area (Å²) in [6.07, 6.45) is 14.2. The molecule has 11 rings (SSSR count). The number of aliphatic imine (C=N–C) groups is 1. The third-order valence-corrected chi connectivity index (χ3v) is 12.5. The Labute approximate surface area is 344 Å². The zero-order valence-corrected chi connectivity index (χ0v) is 33.0. The van der Waals surface area contributed by atoms with Gasteiger partial charge in [0.2, 0.25) is 0 Å². The highest BCUT2D eigenvalue weighted by molar-refractivity contribution is 6.13. The lowest BCUT2D eigenvalue weighted by Gasteiger charge is -2.25. The average Bonchev–Trinajstić information content (AvgIpc) is 3.80. The fraction of sp³-hybridized carbons (Fsp3) is 0.125. The van der Waals surface area contributed by atoms with Gasteiger partial charge in [0.15, 0.2) is 0 Å².